The number of rotatable bonds is 17. The summed E-state index contributed by atoms with van der Waals surface area (Å²) in [6.45, 7) is 0. The minimum absolute atomic E-state index is 1.05. The van der Waals surface area contributed by atoms with Crippen LogP contribution in [0.25, 0.3) is 22.3 Å². The minimum atomic E-state index is 1.05. The van der Waals surface area contributed by atoms with E-state index in [1.54, 1.807) is 0 Å². The van der Waals surface area contributed by atoms with Gasteiger partial charge in [0.25, 0.3) is 0 Å². The zero-order valence-corrected chi connectivity index (χ0v) is 49.9. The number of hydrogen-bond acceptors (Lipinski definition) is 6. The summed E-state index contributed by atoms with van der Waals surface area (Å²) in [6.07, 6.45) is 0. The van der Waals surface area contributed by atoms with Gasteiger partial charge in [0.05, 0.1) is 0 Å². The fourth-order valence-electron chi connectivity index (χ4n) is 10.7. The summed E-state index contributed by atoms with van der Waals surface area (Å²) < 4.78 is 0. The predicted molar refractivity (Wildman–Crippen MR) is 383 cm³/mol. The number of benzene rings is 14. The first-order valence-electron chi connectivity index (χ1n) is 30.3. The van der Waals surface area contributed by atoms with Crippen molar-refractivity contribution in [2.45, 2.75) is 0 Å². The van der Waals surface area contributed by atoms with Gasteiger partial charge < -0.3 is 30.7 Å². The fourth-order valence-corrected chi connectivity index (χ4v) is 10.7. The van der Waals surface area contributed by atoms with Crippen LogP contribution in [0, 0.1) is 0 Å². The highest BCUT2D eigenvalue weighted by Crippen LogP contribution is 2.40. The molecule has 0 amide bonds. The first kappa shape index (κ1) is 58.3. The van der Waals surface area contributed by atoms with Gasteiger partial charge in [0, 0.05) is 85.3 Å². The van der Waals surface area contributed by atoms with E-state index in [0.29, 0.717) is 0 Å². The molecule has 0 aromatic heterocycles. The molecule has 14 aromatic carbocycles. The van der Waals surface area contributed by atoms with E-state index in [9.17, 15) is 0 Å². The highest BCUT2D eigenvalue weighted by atomic mass is 15.2. The molecule has 90 heavy (non-hydrogen) atoms. The molecular formula is C84H68N6. The van der Waals surface area contributed by atoms with E-state index in [-0.39, 0.29) is 0 Å². The maximum absolute atomic E-state index is 3.55. The van der Waals surface area contributed by atoms with Crippen molar-refractivity contribution < 1.29 is 0 Å². The second kappa shape index (κ2) is 29.8. The monoisotopic (exact) mass is 1160 g/mol. The molecule has 0 aliphatic heterocycles. The van der Waals surface area contributed by atoms with Gasteiger partial charge >= 0.3 is 0 Å². The Morgan fingerprint density at radius 2 is 0.322 bits per heavy atom. The topological polar surface area (TPSA) is 45.8 Å². The lowest BCUT2D eigenvalue weighted by molar-refractivity contribution is 1.28. The normalized spacial score (nSPS) is 10.4. The molecule has 0 unspecified atom stereocenters. The van der Waals surface area contributed by atoms with E-state index in [1.807, 2.05) is 78.9 Å². The van der Waals surface area contributed by atoms with Crippen LogP contribution in [0.2, 0.25) is 0 Å². The molecule has 0 saturated carbocycles. The Morgan fingerprint density at radius 3 is 0.600 bits per heavy atom. The molecular weight excluding hydrogens is 1090 g/mol. The first-order valence-corrected chi connectivity index (χ1v) is 30.3. The van der Waals surface area contributed by atoms with Crippen molar-refractivity contribution in [2.75, 3.05) is 30.7 Å². The van der Waals surface area contributed by atoms with Crippen LogP contribution < -0.4 is 30.7 Å². The average Bonchev–Trinajstić information content (AvgIpc) is 2.04. The van der Waals surface area contributed by atoms with Crippen LogP contribution in [-0.4, -0.2) is 0 Å². The highest BCUT2D eigenvalue weighted by molar-refractivity contribution is 5.83. The molecule has 434 valence electrons. The number of hydrogen-bond donors (Lipinski definition) is 3. The largest absolute Gasteiger partial charge is 0.355 e. The Bertz CT molecular complexity index is 4310. The van der Waals surface area contributed by atoms with Gasteiger partial charge in [0.2, 0.25) is 0 Å². The molecule has 6 heteroatoms. The first-order chi connectivity index (χ1) is 44.6. The number of para-hydroxylation sites is 7. The zero-order valence-electron chi connectivity index (χ0n) is 49.9. The summed E-state index contributed by atoms with van der Waals surface area (Å²) in [5, 5.41) is 10.5. The van der Waals surface area contributed by atoms with Gasteiger partial charge in [-0.1, -0.05) is 231 Å². The van der Waals surface area contributed by atoms with Gasteiger partial charge in [0.15, 0.2) is 0 Å². The fraction of sp³-hybridized carbons (Fsp3) is 0. The molecule has 0 bridgehead atoms. The Morgan fingerprint density at radius 1 is 0.133 bits per heavy atom. The molecule has 14 aromatic rings. The van der Waals surface area contributed by atoms with Crippen molar-refractivity contribution in [1.82, 2.24) is 0 Å². The third kappa shape index (κ3) is 15.5. The molecule has 0 aliphatic rings. The molecule has 0 aliphatic carbocycles. The maximum Gasteiger partial charge on any atom is 0.0482 e. The Hall–Kier alpha value is -12.1. The third-order valence-electron chi connectivity index (χ3n) is 15.0. The lowest BCUT2D eigenvalue weighted by atomic mass is 10.0. The van der Waals surface area contributed by atoms with Crippen LogP contribution in [0.5, 0.6) is 0 Å². The third-order valence-corrected chi connectivity index (χ3v) is 15.0. The summed E-state index contributed by atoms with van der Waals surface area (Å²) in [6, 6.07) is 136. The van der Waals surface area contributed by atoms with Crippen molar-refractivity contribution >= 4 is 85.3 Å². The smallest absolute Gasteiger partial charge is 0.0482 e. The molecule has 0 radical (unpaired) electrons. The molecule has 3 N–H and O–H groups in total. The van der Waals surface area contributed by atoms with Gasteiger partial charge in [-0.15, -0.1) is 0 Å². The zero-order chi connectivity index (χ0) is 60.8. The molecule has 0 saturated heterocycles. The van der Waals surface area contributed by atoms with E-state index < -0.39 is 0 Å². The van der Waals surface area contributed by atoms with Crippen LogP contribution in [0.15, 0.2) is 394 Å². The van der Waals surface area contributed by atoms with Gasteiger partial charge in [-0.25, -0.2) is 0 Å². The van der Waals surface area contributed by atoms with Gasteiger partial charge in [0.1, 0.15) is 0 Å². The lowest BCUT2D eigenvalue weighted by Crippen LogP contribution is -2.10. The number of nitrogens with one attached hydrogen (secondary N) is 3. The van der Waals surface area contributed by atoms with E-state index in [0.717, 1.165) is 85.3 Å². The van der Waals surface area contributed by atoms with Crippen LogP contribution in [-0.2, 0) is 0 Å². The SMILES string of the molecule is c1ccc(-c2ccc(Nc3cccc(N(c4ccccc4)c4ccccc4)c3)cc2)cc1.c1ccc(Nc2cccc(N(c3ccccc3)c3ccc(-c4ccccc4)cc3)c2)cc1.c1ccc(Nc2cccc(N(c3ccccc3)c3ccccc3)c2)cc1. The summed E-state index contributed by atoms with van der Waals surface area (Å²) in [5.74, 6) is 0. The second-order valence-corrected chi connectivity index (χ2v) is 21.3. The van der Waals surface area contributed by atoms with Crippen molar-refractivity contribution in [3.8, 4) is 22.3 Å². The average molecular weight is 1160 g/mol. The van der Waals surface area contributed by atoms with Gasteiger partial charge in [-0.3, -0.25) is 0 Å². The van der Waals surface area contributed by atoms with Crippen LogP contribution in [0.3, 0.4) is 0 Å². The van der Waals surface area contributed by atoms with Crippen molar-refractivity contribution in [1.29, 1.82) is 0 Å². The highest BCUT2D eigenvalue weighted by Gasteiger charge is 2.16. The Balaban J connectivity index is 0.000000132. The van der Waals surface area contributed by atoms with E-state index in [2.05, 4.69) is 346 Å². The van der Waals surface area contributed by atoms with Crippen LogP contribution in [0.1, 0.15) is 0 Å². The quantitative estimate of drug-likeness (QED) is 0.0845. The molecule has 6 nitrogen and oxygen atoms in total. The Kier molecular flexibility index (Phi) is 19.3. The van der Waals surface area contributed by atoms with Gasteiger partial charge in [-0.2, -0.15) is 0 Å². The summed E-state index contributed by atoms with van der Waals surface area (Å²) in [5.41, 5.74) is 21.3. The van der Waals surface area contributed by atoms with Crippen LogP contribution >= 0.6 is 0 Å². The number of anilines is 15. The molecule has 0 spiro atoms. The van der Waals surface area contributed by atoms with Crippen molar-refractivity contribution in [3.05, 3.63) is 394 Å². The predicted octanol–water partition coefficient (Wildman–Crippen LogP) is 24.0. The van der Waals surface area contributed by atoms with E-state index in [4.69, 9.17) is 0 Å². The Labute approximate surface area is 529 Å². The molecule has 14 rings (SSSR count). The number of nitrogens with zero attached hydrogens (tertiary/aromatic N) is 3. The minimum Gasteiger partial charge on any atom is -0.355 e. The molecule has 0 heterocycles. The van der Waals surface area contributed by atoms with Crippen molar-refractivity contribution in [2.24, 2.45) is 0 Å². The maximum atomic E-state index is 3.55. The van der Waals surface area contributed by atoms with E-state index >= 15 is 0 Å². The standard InChI is InChI=1S/2C30H24N2.C24H20N2/c1-4-11-24(12-5-1)25-19-21-26(22-20-25)31-27-13-10-18-30(23-27)32(28-14-6-2-7-15-28)29-16-8-3-9-17-29;1-4-11-24(12-5-1)25-19-21-29(22-20-25)32(28-16-8-3-9-17-28)30-18-10-15-27(23-30)31-26-13-6-2-7-14-26;1-4-11-20(12-5-1)25-21-13-10-18-24(19-21)26(22-14-6-2-7-15-22)23-16-8-3-9-17-23/h2*1-23,31H;1-19,25H. The van der Waals surface area contributed by atoms with Gasteiger partial charge in [-0.05, 0) is 186 Å². The van der Waals surface area contributed by atoms with Crippen molar-refractivity contribution in [3.63, 3.8) is 0 Å². The van der Waals surface area contributed by atoms with Crippen LogP contribution in [0.4, 0.5) is 85.3 Å². The summed E-state index contributed by atoms with van der Waals surface area (Å²) >= 11 is 0. The molecule has 0 atom stereocenters. The van der Waals surface area contributed by atoms with E-state index in [1.165, 1.54) is 22.3 Å². The summed E-state index contributed by atoms with van der Waals surface area (Å²) in [4.78, 5) is 6.81. The lowest BCUT2D eigenvalue weighted by Gasteiger charge is -2.26. The second-order valence-electron chi connectivity index (χ2n) is 21.3. The summed E-state index contributed by atoms with van der Waals surface area (Å²) in [7, 11) is 0. The molecule has 0 fully saturated rings.